The number of hydrogen-bond donors (Lipinski definition) is 1. The van der Waals surface area contributed by atoms with Gasteiger partial charge in [-0.1, -0.05) is 13.0 Å². The van der Waals surface area contributed by atoms with E-state index in [1.165, 1.54) is 6.07 Å². The number of thiophene rings is 1. The molecule has 1 aliphatic rings. The minimum Gasteiger partial charge on any atom is -0.378 e. The Morgan fingerprint density at radius 3 is 3.10 bits per heavy atom. The van der Waals surface area contributed by atoms with Crippen LogP contribution in [0.2, 0.25) is 0 Å². The number of benzene rings is 1. The van der Waals surface area contributed by atoms with E-state index < -0.39 is 0 Å². The van der Waals surface area contributed by atoms with Gasteiger partial charge in [-0.05, 0) is 24.1 Å². The van der Waals surface area contributed by atoms with Crippen molar-refractivity contribution in [1.82, 2.24) is 4.90 Å². The zero-order valence-corrected chi connectivity index (χ0v) is 13.1. The Hall–Kier alpha value is -1.01. The molecule has 114 valence electrons. The lowest BCUT2D eigenvalue weighted by atomic mass is 10.1. The third-order valence-corrected chi connectivity index (χ3v) is 5.43. The van der Waals surface area contributed by atoms with Gasteiger partial charge in [0.1, 0.15) is 5.82 Å². The van der Waals surface area contributed by atoms with E-state index >= 15 is 0 Å². The average Bonchev–Trinajstić information content (AvgIpc) is 2.87. The van der Waals surface area contributed by atoms with Crippen LogP contribution in [-0.4, -0.2) is 30.7 Å². The van der Waals surface area contributed by atoms with E-state index in [4.69, 9.17) is 10.5 Å². The number of halogens is 1. The SMILES string of the molecule is CCC1COCCN1Cc1c(CN)sc2cccc(F)c12. The van der Waals surface area contributed by atoms with Crippen LogP contribution in [0.15, 0.2) is 18.2 Å². The molecule has 0 radical (unpaired) electrons. The van der Waals surface area contributed by atoms with Crippen LogP contribution in [0.4, 0.5) is 4.39 Å². The normalized spacial score (nSPS) is 20.2. The van der Waals surface area contributed by atoms with E-state index in [0.717, 1.165) is 53.3 Å². The predicted molar refractivity (Wildman–Crippen MR) is 85.0 cm³/mol. The molecule has 2 heterocycles. The Labute approximate surface area is 128 Å². The van der Waals surface area contributed by atoms with Gasteiger partial charge in [0.2, 0.25) is 0 Å². The van der Waals surface area contributed by atoms with Crippen molar-refractivity contribution in [3.05, 3.63) is 34.5 Å². The number of ether oxygens (including phenoxy) is 1. The zero-order valence-electron chi connectivity index (χ0n) is 12.3. The fourth-order valence-electron chi connectivity index (χ4n) is 3.02. The van der Waals surface area contributed by atoms with Crippen LogP contribution in [0.3, 0.4) is 0 Å². The van der Waals surface area contributed by atoms with Gasteiger partial charge in [0.05, 0.1) is 13.2 Å². The summed E-state index contributed by atoms with van der Waals surface area (Å²) in [4.78, 5) is 3.49. The summed E-state index contributed by atoms with van der Waals surface area (Å²) < 4.78 is 20.8. The Morgan fingerprint density at radius 1 is 1.48 bits per heavy atom. The molecule has 1 aromatic heterocycles. The summed E-state index contributed by atoms with van der Waals surface area (Å²) in [5, 5.41) is 0.754. The van der Waals surface area contributed by atoms with Gasteiger partial charge >= 0.3 is 0 Å². The van der Waals surface area contributed by atoms with Gasteiger partial charge in [0, 0.05) is 40.6 Å². The smallest absolute Gasteiger partial charge is 0.132 e. The molecule has 0 saturated carbocycles. The summed E-state index contributed by atoms with van der Waals surface area (Å²) in [6.07, 6.45) is 1.04. The van der Waals surface area contributed by atoms with Gasteiger partial charge in [-0.25, -0.2) is 4.39 Å². The molecule has 3 nitrogen and oxygen atoms in total. The van der Waals surface area contributed by atoms with E-state index in [-0.39, 0.29) is 5.82 Å². The lowest BCUT2D eigenvalue weighted by molar-refractivity contribution is -0.0126. The maximum atomic E-state index is 14.3. The van der Waals surface area contributed by atoms with E-state index in [1.807, 2.05) is 6.07 Å². The first kappa shape index (κ1) is 14.9. The molecule has 1 saturated heterocycles. The molecule has 3 rings (SSSR count). The standard InChI is InChI=1S/C16H21FN2OS/c1-2-11-10-20-7-6-19(11)9-12-15(8-18)21-14-5-3-4-13(17)16(12)14/h3-5,11H,2,6-10,18H2,1H3. The van der Waals surface area contributed by atoms with Crippen molar-refractivity contribution in [2.45, 2.75) is 32.5 Å². The summed E-state index contributed by atoms with van der Waals surface area (Å²) in [6, 6.07) is 5.69. The van der Waals surface area contributed by atoms with Crippen LogP contribution in [0.5, 0.6) is 0 Å². The summed E-state index contributed by atoms with van der Waals surface area (Å²) in [5.74, 6) is -0.139. The fourth-order valence-corrected chi connectivity index (χ4v) is 4.13. The van der Waals surface area contributed by atoms with E-state index in [2.05, 4.69) is 11.8 Å². The molecule has 0 spiro atoms. The molecular weight excluding hydrogens is 287 g/mol. The second kappa shape index (κ2) is 6.40. The van der Waals surface area contributed by atoms with Crippen molar-refractivity contribution < 1.29 is 9.13 Å². The molecule has 1 unspecified atom stereocenters. The van der Waals surface area contributed by atoms with Crippen LogP contribution in [0.1, 0.15) is 23.8 Å². The van der Waals surface area contributed by atoms with E-state index in [1.54, 1.807) is 17.4 Å². The second-order valence-electron chi connectivity index (χ2n) is 5.43. The minimum atomic E-state index is -0.139. The Bertz CT molecular complexity index is 628. The molecule has 1 atom stereocenters. The van der Waals surface area contributed by atoms with Gasteiger partial charge in [-0.2, -0.15) is 0 Å². The molecule has 0 amide bonds. The van der Waals surface area contributed by atoms with E-state index in [9.17, 15) is 4.39 Å². The lowest BCUT2D eigenvalue weighted by Crippen LogP contribution is -2.44. The van der Waals surface area contributed by atoms with Gasteiger partial charge < -0.3 is 10.5 Å². The van der Waals surface area contributed by atoms with Gasteiger partial charge in [0.25, 0.3) is 0 Å². The first-order chi connectivity index (χ1) is 10.2. The highest BCUT2D eigenvalue weighted by Gasteiger charge is 2.24. The molecular formula is C16H21FN2OS. The molecule has 5 heteroatoms. The Morgan fingerprint density at radius 2 is 2.33 bits per heavy atom. The topological polar surface area (TPSA) is 38.5 Å². The predicted octanol–water partition coefficient (Wildman–Crippen LogP) is 3.11. The van der Waals surface area contributed by atoms with Crippen molar-refractivity contribution in [3.8, 4) is 0 Å². The molecule has 2 aromatic rings. The highest BCUT2D eigenvalue weighted by molar-refractivity contribution is 7.19. The van der Waals surface area contributed by atoms with Crippen molar-refractivity contribution >= 4 is 21.4 Å². The van der Waals surface area contributed by atoms with Crippen LogP contribution in [-0.2, 0) is 17.8 Å². The fraction of sp³-hybridized carbons (Fsp3) is 0.500. The molecule has 1 fully saturated rings. The molecule has 2 N–H and O–H groups in total. The summed E-state index contributed by atoms with van der Waals surface area (Å²) in [5.41, 5.74) is 6.95. The summed E-state index contributed by atoms with van der Waals surface area (Å²) >= 11 is 1.61. The molecule has 0 aliphatic carbocycles. The monoisotopic (exact) mass is 308 g/mol. The number of morpholine rings is 1. The maximum Gasteiger partial charge on any atom is 0.132 e. The third-order valence-electron chi connectivity index (χ3n) is 4.21. The second-order valence-corrected chi connectivity index (χ2v) is 6.57. The van der Waals surface area contributed by atoms with Crippen LogP contribution in [0, 0.1) is 5.82 Å². The van der Waals surface area contributed by atoms with Gasteiger partial charge in [0.15, 0.2) is 0 Å². The quantitative estimate of drug-likeness (QED) is 0.943. The third kappa shape index (κ3) is 2.83. The number of rotatable bonds is 4. The van der Waals surface area contributed by atoms with Crippen molar-refractivity contribution in [2.75, 3.05) is 19.8 Å². The molecule has 21 heavy (non-hydrogen) atoms. The highest BCUT2D eigenvalue weighted by atomic mass is 32.1. The largest absolute Gasteiger partial charge is 0.378 e. The van der Waals surface area contributed by atoms with Crippen molar-refractivity contribution in [2.24, 2.45) is 5.73 Å². The zero-order chi connectivity index (χ0) is 14.8. The van der Waals surface area contributed by atoms with Crippen LogP contribution in [0.25, 0.3) is 10.1 Å². The lowest BCUT2D eigenvalue weighted by Gasteiger charge is -2.35. The van der Waals surface area contributed by atoms with Gasteiger partial charge in [-0.15, -0.1) is 11.3 Å². The number of hydrogen-bond acceptors (Lipinski definition) is 4. The molecule has 0 bridgehead atoms. The van der Waals surface area contributed by atoms with Crippen LogP contribution < -0.4 is 5.73 Å². The first-order valence-electron chi connectivity index (χ1n) is 7.45. The number of nitrogens with two attached hydrogens (primary N) is 1. The Balaban J connectivity index is 1.98. The number of nitrogens with zero attached hydrogens (tertiary/aromatic N) is 1. The Kier molecular flexibility index (Phi) is 4.54. The summed E-state index contributed by atoms with van der Waals surface area (Å²) in [6.45, 7) is 5.80. The number of fused-ring (bicyclic) bond motifs is 1. The minimum absolute atomic E-state index is 0.139. The van der Waals surface area contributed by atoms with Crippen molar-refractivity contribution in [1.29, 1.82) is 0 Å². The molecule has 1 aromatic carbocycles. The first-order valence-corrected chi connectivity index (χ1v) is 8.26. The molecule has 1 aliphatic heterocycles. The maximum absolute atomic E-state index is 14.3. The summed E-state index contributed by atoms with van der Waals surface area (Å²) in [7, 11) is 0. The average molecular weight is 308 g/mol. The van der Waals surface area contributed by atoms with Crippen LogP contribution >= 0.6 is 11.3 Å². The van der Waals surface area contributed by atoms with Gasteiger partial charge in [-0.3, -0.25) is 4.90 Å². The highest BCUT2D eigenvalue weighted by Crippen LogP contribution is 2.34. The van der Waals surface area contributed by atoms with E-state index in [0.29, 0.717) is 12.6 Å². The van der Waals surface area contributed by atoms with Crippen molar-refractivity contribution in [3.63, 3.8) is 0 Å².